The van der Waals surface area contributed by atoms with E-state index in [0.29, 0.717) is 32.4 Å². The SMILES string of the molecule is Cc1nsc(-c2cc(F)c(N)cc2Cl)c1NC(=O)O[C@H](C)c1ccccc1Cl. The van der Waals surface area contributed by atoms with Gasteiger partial charge in [0.1, 0.15) is 11.9 Å². The number of ether oxygens (including phenoxy) is 1. The Hall–Kier alpha value is -2.35. The zero-order chi connectivity index (χ0) is 20.4. The molecular formula is C19H16Cl2FN3O2S. The minimum atomic E-state index is -0.691. The van der Waals surface area contributed by atoms with Gasteiger partial charge in [0.05, 0.1) is 27.0 Å². The molecule has 1 atom stereocenters. The van der Waals surface area contributed by atoms with Crippen molar-refractivity contribution in [3.63, 3.8) is 0 Å². The predicted octanol–water partition coefficient (Wildman–Crippen LogP) is 6.46. The molecule has 0 unspecified atom stereocenters. The quantitative estimate of drug-likeness (QED) is 0.457. The Kier molecular flexibility index (Phi) is 6.07. The summed E-state index contributed by atoms with van der Waals surface area (Å²) in [6.07, 6.45) is -1.26. The van der Waals surface area contributed by atoms with Crippen LogP contribution in [0.1, 0.15) is 24.3 Å². The molecule has 0 saturated heterocycles. The summed E-state index contributed by atoms with van der Waals surface area (Å²) in [7, 11) is 0. The summed E-state index contributed by atoms with van der Waals surface area (Å²) in [4.78, 5) is 12.9. The standard InChI is InChI=1S/C19H16Cl2FN3O2S/c1-9-17(18(28-25-9)12-7-15(22)16(23)8-14(12)21)24-19(26)27-10(2)11-5-3-4-6-13(11)20/h3-8,10H,23H2,1-2H3,(H,24,26)/t10-/m1/s1. The highest BCUT2D eigenvalue weighted by molar-refractivity contribution is 7.10. The van der Waals surface area contributed by atoms with Crippen LogP contribution in [-0.2, 0) is 4.74 Å². The zero-order valence-electron chi connectivity index (χ0n) is 14.9. The van der Waals surface area contributed by atoms with Gasteiger partial charge in [0.2, 0.25) is 0 Å². The molecule has 0 fully saturated rings. The molecule has 1 amide bonds. The molecule has 2 aromatic carbocycles. The van der Waals surface area contributed by atoms with Gasteiger partial charge < -0.3 is 10.5 Å². The second-order valence-electron chi connectivity index (χ2n) is 6.02. The van der Waals surface area contributed by atoms with E-state index in [4.69, 9.17) is 33.7 Å². The molecule has 0 bridgehead atoms. The maximum Gasteiger partial charge on any atom is 0.412 e. The molecule has 0 spiro atoms. The number of hydrogen-bond acceptors (Lipinski definition) is 5. The smallest absolute Gasteiger partial charge is 0.412 e. The maximum absolute atomic E-state index is 13.9. The first-order valence-corrected chi connectivity index (χ1v) is 9.74. The van der Waals surface area contributed by atoms with E-state index in [-0.39, 0.29) is 10.7 Å². The van der Waals surface area contributed by atoms with Gasteiger partial charge >= 0.3 is 6.09 Å². The molecule has 0 aliphatic heterocycles. The fourth-order valence-corrected chi connectivity index (χ4v) is 4.09. The molecule has 1 heterocycles. The summed E-state index contributed by atoms with van der Waals surface area (Å²) in [6.45, 7) is 3.43. The van der Waals surface area contributed by atoms with E-state index >= 15 is 0 Å². The highest BCUT2D eigenvalue weighted by Gasteiger charge is 2.21. The summed E-state index contributed by atoms with van der Waals surface area (Å²) in [6, 6.07) is 9.64. The Morgan fingerprint density at radius 2 is 2.00 bits per heavy atom. The highest BCUT2D eigenvalue weighted by atomic mass is 35.5. The van der Waals surface area contributed by atoms with E-state index in [9.17, 15) is 9.18 Å². The van der Waals surface area contributed by atoms with Crippen molar-refractivity contribution < 1.29 is 13.9 Å². The van der Waals surface area contributed by atoms with Crippen molar-refractivity contribution in [1.82, 2.24) is 4.37 Å². The van der Waals surface area contributed by atoms with Gasteiger partial charge in [-0.3, -0.25) is 5.32 Å². The van der Waals surface area contributed by atoms with E-state index < -0.39 is 18.0 Å². The van der Waals surface area contributed by atoms with Crippen molar-refractivity contribution in [2.24, 2.45) is 0 Å². The van der Waals surface area contributed by atoms with Crippen LogP contribution in [0.5, 0.6) is 0 Å². The molecular weight excluding hydrogens is 424 g/mol. The van der Waals surface area contributed by atoms with Crippen molar-refractivity contribution in [3.8, 4) is 10.4 Å². The molecule has 28 heavy (non-hydrogen) atoms. The third-order valence-corrected chi connectivity index (χ3v) is 5.68. The first kappa shape index (κ1) is 20.4. The van der Waals surface area contributed by atoms with E-state index in [1.807, 2.05) is 6.07 Å². The molecule has 5 nitrogen and oxygen atoms in total. The molecule has 0 saturated carbocycles. The number of hydrogen-bond donors (Lipinski definition) is 2. The highest BCUT2D eigenvalue weighted by Crippen LogP contribution is 2.40. The van der Waals surface area contributed by atoms with Crippen molar-refractivity contribution in [1.29, 1.82) is 0 Å². The lowest BCUT2D eigenvalue weighted by Crippen LogP contribution is -2.17. The zero-order valence-corrected chi connectivity index (χ0v) is 17.3. The van der Waals surface area contributed by atoms with Crippen LogP contribution < -0.4 is 11.1 Å². The van der Waals surface area contributed by atoms with E-state index in [2.05, 4.69) is 9.69 Å². The van der Waals surface area contributed by atoms with E-state index in [1.165, 1.54) is 12.1 Å². The lowest BCUT2D eigenvalue weighted by molar-refractivity contribution is 0.121. The number of nitrogen functional groups attached to an aromatic ring is 1. The van der Waals surface area contributed by atoms with Gasteiger partial charge in [-0.2, -0.15) is 4.37 Å². The second kappa shape index (κ2) is 8.34. The van der Waals surface area contributed by atoms with Crippen LogP contribution in [0.4, 0.5) is 20.6 Å². The number of aromatic nitrogens is 1. The van der Waals surface area contributed by atoms with Crippen molar-refractivity contribution >= 4 is 52.2 Å². The number of benzene rings is 2. The summed E-state index contributed by atoms with van der Waals surface area (Å²) >= 11 is 13.4. The van der Waals surface area contributed by atoms with Gasteiger partial charge in [0.15, 0.2) is 0 Å². The van der Waals surface area contributed by atoms with Gasteiger partial charge in [-0.25, -0.2) is 9.18 Å². The fourth-order valence-electron chi connectivity index (χ4n) is 2.60. The molecule has 146 valence electrons. The van der Waals surface area contributed by atoms with Crippen molar-refractivity contribution in [2.45, 2.75) is 20.0 Å². The molecule has 3 aromatic rings. The minimum Gasteiger partial charge on any atom is -0.441 e. The number of halogens is 3. The first-order chi connectivity index (χ1) is 13.3. The third-order valence-electron chi connectivity index (χ3n) is 4.05. The summed E-state index contributed by atoms with van der Waals surface area (Å²) < 4.78 is 23.6. The lowest BCUT2D eigenvalue weighted by Gasteiger charge is -2.16. The molecule has 0 radical (unpaired) electrons. The first-order valence-electron chi connectivity index (χ1n) is 8.21. The van der Waals surface area contributed by atoms with Crippen LogP contribution >= 0.6 is 34.7 Å². The van der Waals surface area contributed by atoms with Gasteiger partial charge in [-0.1, -0.05) is 41.4 Å². The Morgan fingerprint density at radius 1 is 1.29 bits per heavy atom. The lowest BCUT2D eigenvalue weighted by atomic mass is 10.1. The fraction of sp³-hybridized carbons (Fsp3) is 0.158. The van der Waals surface area contributed by atoms with Crippen LogP contribution in [0.15, 0.2) is 36.4 Å². The number of nitrogens with zero attached hydrogens (tertiary/aromatic N) is 1. The number of carbonyl (C=O) groups is 1. The van der Waals surface area contributed by atoms with Crippen LogP contribution in [0.25, 0.3) is 10.4 Å². The monoisotopic (exact) mass is 439 g/mol. The number of aryl methyl sites for hydroxylation is 1. The normalized spacial score (nSPS) is 11.9. The number of carbonyl (C=O) groups excluding carboxylic acids is 1. The topological polar surface area (TPSA) is 77.2 Å². The van der Waals surface area contributed by atoms with Crippen LogP contribution in [0, 0.1) is 12.7 Å². The molecule has 3 rings (SSSR count). The van der Waals surface area contributed by atoms with Gasteiger partial charge in [-0.15, -0.1) is 0 Å². The number of anilines is 2. The third kappa shape index (κ3) is 4.22. The van der Waals surface area contributed by atoms with Crippen molar-refractivity contribution in [3.05, 3.63) is 63.5 Å². The number of amides is 1. The van der Waals surface area contributed by atoms with Gasteiger partial charge in [0.25, 0.3) is 0 Å². The largest absolute Gasteiger partial charge is 0.441 e. The molecule has 0 aliphatic carbocycles. The summed E-state index contributed by atoms with van der Waals surface area (Å²) in [5.74, 6) is -0.605. The van der Waals surface area contributed by atoms with E-state index in [1.54, 1.807) is 32.0 Å². The molecule has 1 aromatic heterocycles. The Balaban J connectivity index is 1.84. The van der Waals surface area contributed by atoms with Crippen LogP contribution in [0.2, 0.25) is 10.0 Å². The van der Waals surface area contributed by atoms with Crippen LogP contribution in [0.3, 0.4) is 0 Å². The number of nitrogens with one attached hydrogen (secondary N) is 1. The average Bonchev–Trinajstić information content (AvgIpc) is 2.99. The molecule has 9 heteroatoms. The van der Waals surface area contributed by atoms with E-state index in [0.717, 1.165) is 11.5 Å². The van der Waals surface area contributed by atoms with Crippen LogP contribution in [-0.4, -0.2) is 10.5 Å². The van der Waals surface area contributed by atoms with Gasteiger partial charge in [-0.05, 0) is 43.6 Å². The second-order valence-corrected chi connectivity index (χ2v) is 7.61. The number of nitrogens with two attached hydrogens (primary N) is 1. The Morgan fingerprint density at radius 3 is 2.71 bits per heavy atom. The maximum atomic E-state index is 13.9. The molecule has 3 N–H and O–H groups in total. The summed E-state index contributed by atoms with van der Waals surface area (Å²) in [5, 5.41) is 3.42. The average molecular weight is 440 g/mol. The Labute approximate surface area is 175 Å². The summed E-state index contributed by atoms with van der Waals surface area (Å²) in [5.41, 5.74) is 7.50. The minimum absolute atomic E-state index is 0.0579. The number of rotatable bonds is 4. The molecule has 0 aliphatic rings. The predicted molar refractivity (Wildman–Crippen MR) is 112 cm³/mol. The van der Waals surface area contributed by atoms with Crippen molar-refractivity contribution in [2.75, 3.05) is 11.1 Å². The Bertz CT molecular complexity index is 1040. The van der Waals surface area contributed by atoms with Gasteiger partial charge in [0, 0.05) is 16.1 Å².